The van der Waals surface area contributed by atoms with Crippen molar-refractivity contribution >= 4 is 11.5 Å². The third-order valence-corrected chi connectivity index (χ3v) is 3.30. The van der Waals surface area contributed by atoms with Crippen LogP contribution < -0.4 is 16.3 Å². The summed E-state index contributed by atoms with van der Waals surface area (Å²) < 4.78 is 1.25. The first kappa shape index (κ1) is 13.3. The van der Waals surface area contributed by atoms with Gasteiger partial charge in [-0.25, -0.2) is 9.89 Å². The van der Waals surface area contributed by atoms with Crippen molar-refractivity contribution in [3.8, 4) is 0 Å². The molecule has 21 heavy (non-hydrogen) atoms. The number of nitrogens with one attached hydrogen (secondary N) is 1. The largest absolute Gasteiger partial charge is 0.364 e. The lowest BCUT2D eigenvalue weighted by molar-refractivity contribution is 0.819. The van der Waals surface area contributed by atoms with E-state index in [0.29, 0.717) is 24.6 Å². The highest BCUT2D eigenvalue weighted by atomic mass is 16.2. The maximum atomic E-state index is 11.5. The summed E-state index contributed by atoms with van der Waals surface area (Å²) in [5.74, 6) is 0.698. The summed E-state index contributed by atoms with van der Waals surface area (Å²) in [5.41, 5.74) is 8.05. The normalized spacial score (nSPS) is 11.0. The van der Waals surface area contributed by atoms with E-state index in [1.165, 1.54) is 4.52 Å². The van der Waals surface area contributed by atoms with Crippen LogP contribution in [0.1, 0.15) is 11.1 Å². The molecule has 2 heterocycles. The highest BCUT2D eigenvalue weighted by molar-refractivity contribution is 5.45. The van der Waals surface area contributed by atoms with Gasteiger partial charge in [-0.3, -0.25) is 0 Å². The molecule has 0 saturated heterocycles. The summed E-state index contributed by atoms with van der Waals surface area (Å²) in [6.07, 6.45) is 0. The fraction of sp³-hybridized carbons (Fsp3) is 0.214. The molecule has 7 heteroatoms. The van der Waals surface area contributed by atoms with Gasteiger partial charge in [-0.1, -0.05) is 24.3 Å². The fourth-order valence-corrected chi connectivity index (χ4v) is 2.21. The van der Waals surface area contributed by atoms with Crippen molar-refractivity contribution in [2.45, 2.75) is 13.1 Å². The third-order valence-electron chi connectivity index (χ3n) is 3.30. The van der Waals surface area contributed by atoms with Gasteiger partial charge in [0.1, 0.15) is 5.82 Å². The first-order chi connectivity index (χ1) is 10.2. The lowest BCUT2D eigenvalue weighted by atomic mass is 10.1. The number of nitrogens with zero attached hydrogens (tertiary/aromatic N) is 4. The number of aromatic nitrogens is 4. The molecule has 0 amide bonds. The second-order valence-corrected chi connectivity index (χ2v) is 4.87. The van der Waals surface area contributed by atoms with E-state index in [9.17, 15) is 4.79 Å². The van der Waals surface area contributed by atoms with Gasteiger partial charge >= 0.3 is 5.69 Å². The van der Waals surface area contributed by atoms with Crippen LogP contribution in [-0.4, -0.2) is 26.9 Å². The van der Waals surface area contributed by atoms with Crippen molar-refractivity contribution in [1.82, 2.24) is 19.8 Å². The molecule has 108 valence electrons. The topological polar surface area (TPSA) is 92.3 Å². The number of aromatic amines is 1. The van der Waals surface area contributed by atoms with Crippen LogP contribution in [0.4, 0.5) is 5.82 Å². The highest BCUT2D eigenvalue weighted by Gasteiger charge is 2.07. The second kappa shape index (κ2) is 5.37. The number of anilines is 1. The Morgan fingerprint density at radius 1 is 1.29 bits per heavy atom. The smallest absolute Gasteiger partial charge is 0.354 e. The molecular weight excluding hydrogens is 268 g/mol. The van der Waals surface area contributed by atoms with Crippen molar-refractivity contribution in [2.24, 2.45) is 5.73 Å². The van der Waals surface area contributed by atoms with E-state index in [-0.39, 0.29) is 5.69 Å². The van der Waals surface area contributed by atoms with Crippen molar-refractivity contribution in [3.05, 3.63) is 58.0 Å². The van der Waals surface area contributed by atoms with Crippen LogP contribution in [0.15, 0.2) is 41.2 Å². The Kier molecular flexibility index (Phi) is 3.41. The molecule has 7 nitrogen and oxygen atoms in total. The molecule has 0 saturated carbocycles. The van der Waals surface area contributed by atoms with Crippen LogP contribution in [0, 0.1) is 0 Å². The SMILES string of the molecule is CN(Cc1cccc(CN)c1)c1ccc2n[nH]c(=O)n2n1. The average molecular weight is 284 g/mol. The quantitative estimate of drug-likeness (QED) is 0.728. The predicted molar refractivity (Wildman–Crippen MR) is 80.0 cm³/mol. The zero-order valence-corrected chi connectivity index (χ0v) is 11.7. The molecular formula is C14H16N6O. The minimum atomic E-state index is -0.342. The predicted octanol–water partition coefficient (Wildman–Crippen LogP) is 0.513. The number of nitrogens with two attached hydrogens (primary N) is 1. The van der Waals surface area contributed by atoms with E-state index in [4.69, 9.17) is 5.73 Å². The Morgan fingerprint density at radius 3 is 2.90 bits per heavy atom. The van der Waals surface area contributed by atoms with Gasteiger partial charge in [0.25, 0.3) is 0 Å². The molecule has 0 aliphatic carbocycles. The van der Waals surface area contributed by atoms with Gasteiger partial charge in [0.05, 0.1) is 0 Å². The summed E-state index contributed by atoms with van der Waals surface area (Å²) in [5, 5.41) is 10.5. The summed E-state index contributed by atoms with van der Waals surface area (Å²) in [7, 11) is 1.93. The van der Waals surface area contributed by atoms with Gasteiger partial charge < -0.3 is 10.6 Å². The maximum absolute atomic E-state index is 11.5. The summed E-state index contributed by atoms with van der Waals surface area (Å²) in [4.78, 5) is 13.5. The molecule has 0 bridgehead atoms. The maximum Gasteiger partial charge on any atom is 0.364 e. The monoisotopic (exact) mass is 284 g/mol. The molecule has 0 aliphatic heterocycles. The van der Waals surface area contributed by atoms with Gasteiger partial charge in [0.15, 0.2) is 5.65 Å². The Hall–Kier alpha value is -2.67. The van der Waals surface area contributed by atoms with Gasteiger partial charge in [-0.2, -0.15) is 9.61 Å². The van der Waals surface area contributed by atoms with Gasteiger partial charge in [-0.15, -0.1) is 5.10 Å². The summed E-state index contributed by atoms with van der Waals surface area (Å²) in [6.45, 7) is 1.20. The van der Waals surface area contributed by atoms with Crippen molar-refractivity contribution in [2.75, 3.05) is 11.9 Å². The number of hydrogen-bond donors (Lipinski definition) is 2. The Bertz CT molecular complexity index is 821. The van der Waals surface area contributed by atoms with Crippen LogP contribution in [0.2, 0.25) is 0 Å². The van der Waals surface area contributed by atoms with E-state index in [0.717, 1.165) is 11.1 Å². The lowest BCUT2D eigenvalue weighted by Crippen LogP contribution is -2.21. The highest BCUT2D eigenvalue weighted by Crippen LogP contribution is 2.13. The molecule has 0 spiro atoms. The molecule has 0 aliphatic rings. The first-order valence-electron chi connectivity index (χ1n) is 6.61. The molecule has 0 fully saturated rings. The zero-order valence-electron chi connectivity index (χ0n) is 11.7. The van der Waals surface area contributed by atoms with Crippen molar-refractivity contribution in [3.63, 3.8) is 0 Å². The first-order valence-corrected chi connectivity index (χ1v) is 6.61. The molecule has 2 aromatic heterocycles. The molecule has 3 N–H and O–H groups in total. The van der Waals surface area contributed by atoms with Crippen LogP contribution in [0.5, 0.6) is 0 Å². The Balaban J connectivity index is 1.87. The molecule has 0 radical (unpaired) electrons. The standard InChI is InChI=1S/C14H16N6O/c1-19(9-11-4-2-3-10(7-11)8-15)13-6-5-12-16-17-14(21)20(12)18-13/h2-7H,8-9,15H2,1H3,(H,17,21). The van der Waals surface area contributed by atoms with E-state index in [1.54, 1.807) is 6.07 Å². The minimum absolute atomic E-state index is 0.342. The molecule has 0 unspecified atom stereocenters. The van der Waals surface area contributed by atoms with Crippen molar-refractivity contribution in [1.29, 1.82) is 0 Å². The van der Waals surface area contributed by atoms with Crippen LogP contribution >= 0.6 is 0 Å². The zero-order chi connectivity index (χ0) is 14.8. The fourth-order valence-electron chi connectivity index (χ4n) is 2.21. The van der Waals surface area contributed by atoms with Crippen LogP contribution in [0.25, 0.3) is 5.65 Å². The lowest BCUT2D eigenvalue weighted by Gasteiger charge is -2.18. The van der Waals surface area contributed by atoms with Crippen molar-refractivity contribution < 1.29 is 0 Å². The number of rotatable bonds is 4. The average Bonchev–Trinajstić information content (AvgIpc) is 2.88. The second-order valence-electron chi connectivity index (χ2n) is 4.87. The van der Waals surface area contributed by atoms with Crippen LogP contribution in [0.3, 0.4) is 0 Å². The van der Waals surface area contributed by atoms with E-state index < -0.39 is 0 Å². The number of benzene rings is 1. The number of hydrogen-bond acceptors (Lipinski definition) is 5. The van der Waals surface area contributed by atoms with E-state index >= 15 is 0 Å². The molecule has 1 aromatic carbocycles. The molecule has 3 aromatic rings. The van der Waals surface area contributed by atoms with Gasteiger partial charge in [0, 0.05) is 20.1 Å². The number of fused-ring (bicyclic) bond motifs is 1. The van der Waals surface area contributed by atoms with Gasteiger partial charge in [-0.05, 0) is 23.3 Å². The summed E-state index contributed by atoms with van der Waals surface area (Å²) >= 11 is 0. The Morgan fingerprint density at radius 2 is 2.10 bits per heavy atom. The van der Waals surface area contributed by atoms with Gasteiger partial charge in [0.2, 0.25) is 0 Å². The molecule has 0 atom stereocenters. The minimum Gasteiger partial charge on any atom is -0.354 e. The Labute approximate surface area is 121 Å². The molecule has 3 rings (SSSR count). The van der Waals surface area contributed by atoms with E-state index in [2.05, 4.69) is 21.4 Å². The van der Waals surface area contributed by atoms with Crippen LogP contribution in [-0.2, 0) is 13.1 Å². The number of H-pyrrole nitrogens is 1. The summed E-state index contributed by atoms with van der Waals surface area (Å²) in [6, 6.07) is 11.7. The third kappa shape index (κ3) is 2.63. The van der Waals surface area contributed by atoms with E-state index in [1.807, 2.05) is 36.2 Å².